The van der Waals surface area contributed by atoms with E-state index in [0.717, 1.165) is 6.08 Å². The van der Waals surface area contributed by atoms with Gasteiger partial charge in [0.25, 0.3) is 0 Å². The lowest BCUT2D eigenvalue weighted by atomic mass is 10.2. The standard InChI is InChI=1S/C9H7NO3/c11-9(12)6-5-7-3-1-2-4-8(7)10-13/h1-6H,(H,11,12). The fourth-order valence-electron chi connectivity index (χ4n) is 0.873. The molecule has 66 valence electrons. The molecule has 0 heterocycles. The van der Waals surface area contributed by atoms with Crippen LogP contribution < -0.4 is 0 Å². The van der Waals surface area contributed by atoms with E-state index in [9.17, 15) is 9.70 Å². The van der Waals surface area contributed by atoms with Crippen LogP contribution in [0, 0.1) is 4.91 Å². The summed E-state index contributed by atoms with van der Waals surface area (Å²) >= 11 is 0. The van der Waals surface area contributed by atoms with Crippen LogP contribution in [0.1, 0.15) is 5.56 Å². The van der Waals surface area contributed by atoms with E-state index >= 15 is 0 Å². The molecule has 1 N–H and O–H groups in total. The van der Waals surface area contributed by atoms with Gasteiger partial charge in [-0.15, -0.1) is 4.91 Å². The Hall–Kier alpha value is -1.97. The Morgan fingerprint density at radius 3 is 2.69 bits per heavy atom. The molecule has 0 aromatic heterocycles. The van der Waals surface area contributed by atoms with Crippen molar-refractivity contribution < 1.29 is 9.90 Å². The van der Waals surface area contributed by atoms with E-state index in [-0.39, 0.29) is 5.69 Å². The van der Waals surface area contributed by atoms with E-state index in [1.807, 2.05) is 0 Å². The van der Waals surface area contributed by atoms with Crippen LogP contribution in [0.4, 0.5) is 5.69 Å². The quantitative estimate of drug-likeness (QED) is 0.568. The summed E-state index contributed by atoms with van der Waals surface area (Å²) in [4.78, 5) is 20.4. The van der Waals surface area contributed by atoms with Crippen molar-refractivity contribution in [3.8, 4) is 0 Å². The second kappa shape index (κ2) is 4.15. The van der Waals surface area contributed by atoms with Gasteiger partial charge in [-0.05, 0) is 17.3 Å². The largest absolute Gasteiger partial charge is 0.478 e. The van der Waals surface area contributed by atoms with Crippen LogP contribution in [0.5, 0.6) is 0 Å². The molecule has 0 amide bonds. The molecule has 13 heavy (non-hydrogen) atoms. The minimum atomic E-state index is -1.05. The molecule has 0 aliphatic heterocycles. The van der Waals surface area contributed by atoms with Crippen molar-refractivity contribution in [2.24, 2.45) is 5.18 Å². The highest BCUT2D eigenvalue weighted by Gasteiger charge is 1.97. The van der Waals surface area contributed by atoms with Crippen molar-refractivity contribution in [1.82, 2.24) is 0 Å². The predicted molar refractivity (Wildman–Crippen MR) is 48.6 cm³/mol. The average molecular weight is 177 g/mol. The van der Waals surface area contributed by atoms with Crippen LogP contribution in [-0.2, 0) is 4.79 Å². The van der Waals surface area contributed by atoms with E-state index < -0.39 is 5.97 Å². The third kappa shape index (κ3) is 2.52. The third-order valence-electron chi connectivity index (χ3n) is 1.44. The van der Waals surface area contributed by atoms with Crippen LogP contribution in [0.25, 0.3) is 6.08 Å². The van der Waals surface area contributed by atoms with Gasteiger partial charge in [-0.1, -0.05) is 18.2 Å². The van der Waals surface area contributed by atoms with E-state index in [0.29, 0.717) is 5.56 Å². The molecule has 0 aliphatic carbocycles. The fraction of sp³-hybridized carbons (Fsp3) is 0. The normalized spacial score (nSPS) is 10.2. The topological polar surface area (TPSA) is 66.7 Å². The van der Waals surface area contributed by atoms with E-state index in [1.54, 1.807) is 18.2 Å². The summed E-state index contributed by atoms with van der Waals surface area (Å²) in [6, 6.07) is 6.51. The molecule has 4 heteroatoms. The Balaban J connectivity index is 3.00. The molecule has 1 aromatic carbocycles. The molecule has 0 spiro atoms. The number of carbonyl (C=O) groups is 1. The van der Waals surface area contributed by atoms with Crippen molar-refractivity contribution in [2.75, 3.05) is 0 Å². The van der Waals surface area contributed by atoms with Crippen molar-refractivity contribution in [2.45, 2.75) is 0 Å². The SMILES string of the molecule is O=Nc1ccccc1C=CC(=O)O. The molecule has 0 bridgehead atoms. The molecule has 1 aromatic rings. The zero-order valence-electron chi connectivity index (χ0n) is 6.68. The van der Waals surface area contributed by atoms with Crippen molar-refractivity contribution in [3.05, 3.63) is 40.8 Å². The highest BCUT2D eigenvalue weighted by atomic mass is 16.4. The van der Waals surface area contributed by atoms with E-state index in [4.69, 9.17) is 5.11 Å². The summed E-state index contributed by atoms with van der Waals surface area (Å²) in [6.45, 7) is 0. The van der Waals surface area contributed by atoms with E-state index in [1.165, 1.54) is 12.1 Å². The first-order valence-corrected chi connectivity index (χ1v) is 3.57. The molecular weight excluding hydrogens is 170 g/mol. The van der Waals surface area contributed by atoms with Gasteiger partial charge in [0.15, 0.2) is 0 Å². The van der Waals surface area contributed by atoms with Gasteiger partial charge in [-0.3, -0.25) is 0 Å². The summed E-state index contributed by atoms with van der Waals surface area (Å²) in [5.74, 6) is -1.05. The van der Waals surface area contributed by atoms with Gasteiger partial charge in [0.2, 0.25) is 0 Å². The minimum Gasteiger partial charge on any atom is -0.478 e. The van der Waals surface area contributed by atoms with E-state index in [2.05, 4.69) is 5.18 Å². The first-order valence-electron chi connectivity index (χ1n) is 3.57. The molecule has 0 saturated heterocycles. The molecule has 4 nitrogen and oxygen atoms in total. The molecular formula is C9H7NO3. The minimum absolute atomic E-state index is 0.236. The Bertz CT molecular complexity index is 358. The van der Waals surface area contributed by atoms with Gasteiger partial charge in [0.05, 0.1) is 0 Å². The second-order valence-corrected chi connectivity index (χ2v) is 2.32. The maximum Gasteiger partial charge on any atom is 0.328 e. The summed E-state index contributed by atoms with van der Waals surface area (Å²) in [7, 11) is 0. The van der Waals surface area contributed by atoms with Gasteiger partial charge < -0.3 is 5.11 Å². The van der Waals surface area contributed by atoms with Crippen LogP contribution in [0.3, 0.4) is 0 Å². The third-order valence-corrected chi connectivity index (χ3v) is 1.44. The Morgan fingerprint density at radius 2 is 2.08 bits per heavy atom. The average Bonchev–Trinajstić information content (AvgIpc) is 2.15. The number of rotatable bonds is 3. The first-order chi connectivity index (χ1) is 6.24. The molecule has 0 fully saturated rings. The summed E-state index contributed by atoms with van der Waals surface area (Å²) in [5.41, 5.74) is 0.736. The van der Waals surface area contributed by atoms with Gasteiger partial charge in [0.1, 0.15) is 5.69 Å². The van der Waals surface area contributed by atoms with Crippen LogP contribution in [0.2, 0.25) is 0 Å². The smallest absolute Gasteiger partial charge is 0.328 e. The number of carboxylic acids is 1. The number of carboxylic acid groups (broad SMARTS) is 1. The first kappa shape index (κ1) is 9.12. The number of nitroso groups, excluding NO2 is 1. The van der Waals surface area contributed by atoms with Gasteiger partial charge in [-0.2, -0.15) is 0 Å². The van der Waals surface area contributed by atoms with Crippen LogP contribution in [-0.4, -0.2) is 11.1 Å². The molecule has 0 saturated carbocycles. The number of hydrogen-bond acceptors (Lipinski definition) is 3. The molecule has 0 atom stereocenters. The summed E-state index contributed by atoms with van der Waals surface area (Å²) in [5, 5.41) is 11.1. The highest BCUT2D eigenvalue weighted by Crippen LogP contribution is 2.19. The van der Waals surface area contributed by atoms with Gasteiger partial charge >= 0.3 is 5.97 Å². The van der Waals surface area contributed by atoms with Gasteiger partial charge in [0, 0.05) is 11.6 Å². The maximum atomic E-state index is 10.2. The highest BCUT2D eigenvalue weighted by molar-refractivity contribution is 5.86. The Kier molecular flexibility index (Phi) is 2.92. The summed E-state index contributed by atoms with van der Waals surface area (Å²) < 4.78 is 0. The molecule has 1 rings (SSSR count). The van der Waals surface area contributed by atoms with Crippen LogP contribution in [0.15, 0.2) is 35.5 Å². The van der Waals surface area contributed by atoms with Crippen molar-refractivity contribution in [3.63, 3.8) is 0 Å². The zero-order chi connectivity index (χ0) is 9.68. The van der Waals surface area contributed by atoms with Crippen LogP contribution >= 0.6 is 0 Å². The number of nitrogens with zero attached hydrogens (tertiary/aromatic N) is 1. The predicted octanol–water partition coefficient (Wildman–Crippen LogP) is 2.18. The molecule has 0 unspecified atom stereocenters. The lowest BCUT2D eigenvalue weighted by Gasteiger charge is -1.94. The second-order valence-electron chi connectivity index (χ2n) is 2.32. The number of hydrogen-bond donors (Lipinski definition) is 1. The lowest BCUT2D eigenvalue weighted by Crippen LogP contribution is -1.85. The van der Waals surface area contributed by atoms with Crippen molar-refractivity contribution >= 4 is 17.7 Å². The molecule has 0 aliphatic rings. The number of benzene rings is 1. The number of aliphatic carboxylic acids is 1. The Labute approximate surface area is 74.5 Å². The zero-order valence-corrected chi connectivity index (χ0v) is 6.68. The van der Waals surface area contributed by atoms with Crippen molar-refractivity contribution in [1.29, 1.82) is 0 Å². The summed E-state index contributed by atoms with van der Waals surface area (Å²) in [6.07, 6.45) is 2.29. The Morgan fingerprint density at radius 1 is 1.38 bits per heavy atom. The fourth-order valence-corrected chi connectivity index (χ4v) is 0.873. The maximum absolute atomic E-state index is 10.2. The molecule has 0 radical (unpaired) electrons. The lowest BCUT2D eigenvalue weighted by molar-refractivity contribution is -0.131. The monoisotopic (exact) mass is 177 g/mol. The van der Waals surface area contributed by atoms with Gasteiger partial charge in [-0.25, -0.2) is 4.79 Å².